The molecule has 2 aromatic carbocycles. The van der Waals surface area contributed by atoms with Gasteiger partial charge >= 0.3 is 0 Å². The lowest BCUT2D eigenvalue weighted by Crippen LogP contribution is -2.01. The first-order valence-corrected chi connectivity index (χ1v) is 7.05. The standard InChI is InChI=1S/C15H14Cl3N/c1-9-3-4-11(13(17)5-9)8-19-15-7-12(16)10(2)6-14(15)18/h3-7,19H,8H2,1-2H3. The van der Waals surface area contributed by atoms with Crippen molar-refractivity contribution in [2.45, 2.75) is 20.4 Å². The van der Waals surface area contributed by atoms with Crippen LogP contribution in [0.3, 0.4) is 0 Å². The highest BCUT2D eigenvalue weighted by Gasteiger charge is 2.06. The largest absolute Gasteiger partial charge is 0.380 e. The quantitative estimate of drug-likeness (QED) is 0.746. The lowest BCUT2D eigenvalue weighted by atomic mass is 10.1. The van der Waals surface area contributed by atoms with Gasteiger partial charge in [-0.1, -0.05) is 46.9 Å². The third kappa shape index (κ3) is 3.56. The molecule has 19 heavy (non-hydrogen) atoms. The minimum atomic E-state index is 0.609. The molecule has 2 rings (SSSR count). The molecule has 0 bridgehead atoms. The normalized spacial score (nSPS) is 10.6. The van der Waals surface area contributed by atoms with Gasteiger partial charge in [-0.05, 0) is 48.7 Å². The monoisotopic (exact) mass is 313 g/mol. The van der Waals surface area contributed by atoms with E-state index in [-0.39, 0.29) is 0 Å². The van der Waals surface area contributed by atoms with E-state index in [0.29, 0.717) is 16.6 Å². The van der Waals surface area contributed by atoms with Gasteiger partial charge in [0, 0.05) is 16.6 Å². The van der Waals surface area contributed by atoms with E-state index in [1.165, 1.54) is 0 Å². The van der Waals surface area contributed by atoms with Gasteiger partial charge in [-0.15, -0.1) is 0 Å². The number of halogens is 3. The molecule has 0 heterocycles. The summed E-state index contributed by atoms with van der Waals surface area (Å²) in [5, 5.41) is 5.36. The number of benzene rings is 2. The van der Waals surface area contributed by atoms with Crippen molar-refractivity contribution in [3.05, 3.63) is 62.1 Å². The SMILES string of the molecule is Cc1ccc(CNc2cc(Cl)c(C)cc2Cl)c(Cl)c1. The summed E-state index contributed by atoms with van der Waals surface area (Å²) in [7, 11) is 0. The van der Waals surface area contributed by atoms with Crippen LogP contribution in [0.25, 0.3) is 0 Å². The number of aryl methyl sites for hydroxylation is 2. The van der Waals surface area contributed by atoms with Gasteiger partial charge in [0.1, 0.15) is 0 Å². The Morgan fingerprint density at radius 3 is 2.32 bits per heavy atom. The van der Waals surface area contributed by atoms with Crippen LogP contribution in [0.1, 0.15) is 16.7 Å². The average Bonchev–Trinajstić information content (AvgIpc) is 2.34. The van der Waals surface area contributed by atoms with Crippen molar-refractivity contribution in [3.8, 4) is 0 Å². The second-order valence-corrected chi connectivity index (χ2v) is 5.75. The van der Waals surface area contributed by atoms with Crippen LogP contribution in [0.4, 0.5) is 5.69 Å². The molecule has 0 saturated heterocycles. The van der Waals surface area contributed by atoms with Crippen molar-refractivity contribution >= 4 is 40.5 Å². The fourth-order valence-electron chi connectivity index (χ4n) is 1.77. The van der Waals surface area contributed by atoms with Crippen LogP contribution in [-0.2, 0) is 6.54 Å². The molecule has 4 heteroatoms. The summed E-state index contributed by atoms with van der Waals surface area (Å²) in [6.07, 6.45) is 0. The highest BCUT2D eigenvalue weighted by Crippen LogP contribution is 2.29. The Morgan fingerprint density at radius 2 is 1.63 bits per heavy atom. The number of anilines is 1. The van der Waals surface area contributed by atoms with Crippen LogP contribution >= 0.6 is 34.8 Å². The zero-order chi connectivity index (χ0) is 14.0. The Hall–Kier alpha value is -0.890. The van der Waals surface area contributed by atoms with Gasteiger partial charge in [-0.2, -0.15) is 0 Å². The summed E-state index contributed by atoms with van der Waals surface area (Å²) in [4.78, 5) is 0. The van der Waals surface area contributed by atoms with E-state index in [0.717, 1.165) is 27.4 Å². The maximum Gasteiger partial charge on any atom is 0.0641 e. The Balaban J connectivity index is 2.16. The number of nitrogens with one attached hydrogen (secondary N) is 1. The number of hydrogen-bond donors (Lipinski definition) is 1. The van der Waals surface area contributed by atoms with Gasteiger partial charge in [0.05, 0.1) is 10.7 Å². The first-order valence-electron chi connectivity index (χ1n) is 5.92. The molecular weight excluding hydrogens is 301 g/mol. The summed E-state index contributed by atoms with van der Waals surface area (Å²) >= 11 is 18.5. The Labute approximate surface area is 128 Å². The third-order valence-corrected chi connectivity index (χ3v) is 4.00. The van der Waals surface area contributed by atoms with Gasteiger partial charge in [-0.3, -0.25) is 0 Å². The third-order valence-electron chi connectivity index (χ3n) is 2.93. The molecule has 0 aliphatic heterocycles. The number of hydrogen-bond acceptors (Lipinski definition) is 1. The van der Waals surface area contributed by atoms with Gasteiger partial charge < -0.3 is 5.32 Å². The van der Waals surface area contributed by atoms with Crippen LogP contribution in [-0.4, -0.2) is 0 Å². The zero-order valence-electron chi connectivity index (χ0n) is 10.7. The van der Waals surface area contributed by atoms with Crippen molar-refractivity contribution in [2.24, 2.45) is 0 Å². The van der Waals surface area contributed by atoms with E-state index in [1.807, 2.05) is 44.2 Å². The molecule has 0 spiro atoms. The molecule has 1 nitrogen and oxygen atoms in total. The highest BCUT2D eigenvalue weighted by atomic mass is 35.5. The predicted molar refractivity (Wildman–Crippen MR) is 84.7 cm³/mol. The van der Waals surface area contributed by atoms with E-state index in [4.69, 9.17) is 34.8 Å². The van der Waals surface area contributed by atoms with Crippen molar-refractivity contribution in [1.29, 1.82) is 0 Å². The molecule has 0 amide bonds. The molecule has 100 valence electrons. The van der Waals surface area contributed by atoms with Crippen molar-refractivity contribution in [1.82, 2.24) is 0 Å². The topological polar surface area (TPSA) is 12.0 Å². The molecule has 0 aromatic heterocycles. The van der Waals surface area contributed by atoms with Crippen LogP contribution in [0.5, 0.6) is 0 Å². The fourth-order valence-corrected chi connectivity index (χ4v) is 2.52. The van der Waals surface area contributed by atoms with Crippen molar-refractivity contribution in [2.75, 3.05) is 5.32 Å². The Morgan fingerprint density at radius 1 is 0.895 bits per heavy atom. The smallest absolute Gasteiger partial charge is 0.0641 e. The van der Waals surface area contributed by atoms with Crippen LogP contribution in [0, 0.1) is 13.8 Å². The van der Waals surface area contributed by atoms with E-state index in [9.17, 15) is 0 Å². The maximum atomic E-state index is 6.19. The summed E-state index contributed by atoms with van der Waals surface area (Å²) < 4.78 is 0. The molecule has 0 aliphatic carbocycles. The maximum absolute atomic E-state index is 6.19. The molecule has 0 unspecified atom stereocenters. The molecule has 1 N–H and O–H groups in total. The van der Waals surface area contributed by atoms with Crippen LogP contribution < -0.4 is 5.32 Å². The van der Waals surface area contributed by atoms with Crippen molar-refractivity contribution < 1.29 is 0 Å². The van der Waals surface area contributed by atoms with Crippen molar-refractivity contribution in [3.63, 3.8) is 0 Å². The van der Waals surface area contributed by atoms with E-state index in [2.05, 4.69) is 5.32 Å². The number of rotatable bonds is 3. The highest BCUT2D eigenvalue weighted by molar-refractivity contribution is 6.35. The molecule has 2 aromatic rings. The Kier molecular flexibility index (Phi) is 4.62. The van der Waals surface area contributed by atoms with Gasteiger partial charge in [0.25, 0.3) is 0 Å². The second-order valence-electron chi connectivity index (χ2n) is 4.53. The summed E-state index contributed by atoms with van der Waals surface area (Å²) in [6.45, 7) is 4.55. The zero-order valence-corrected chi connectivity index (χ0v) is 13.0. The lowest BCUT2D eigenvalue weighted by Gasteiger charge is -2.11. The first-order chi connectivity index (χ1) is 8.97. The Bertz CT molecular complexity index is 609. The molecule has 0 radical (unpaired) electrons. The van der Waals surface area contributed by atoms with Crippen LogP contribution in [0.2, 0.25) is 15.1 Å². The van der Waals surface area contributed by atoms with Gasteiger partial charge in [-0.25, -0.2) is 0 Å². The average molecular weight is 315 g/mol. The van der Waals surface area contributed by atoms with Gasteiger partial charge in [0.2, 0.25) is 0 Å². The molecular formula is C15H14Cl3N. The lowest BCUT2D eigenvalue weighted by molar-refractivity contribution is 1.14. The van der Waals surface area contributed by atoms with E-state index < -0.39 is 0 Å². The summed E-state index contributed by atoms with van der Waals surface area (Å²) in [5.74, 6) is 0. The minimum Gasteiger partial charge on any atom is -0.380 e. The first kappa shape index (κ1) is 14.5. The van der Waals surface area contributed by atoms with Gasteiger partial charge in [0.15, 0.2) is 0 Å². The summed E-state index contributed by atoms with van der Waals surface area (Å²) in [6, 6.07) is 9.67. The molecule has 0 saturated carbocycles. The van der Waals surface area contributed by atoms with E-state index >= 15 is 0 Å². The molecule has 0 atom stereocenters. The molecule has 0 fully saturated rings. The summed E-state index contributed by atoms with van der Waals surface area (Å²) in [5.41, 5.74) is 3.95. The van der Waals surface area contributed by atoms with Crippen LogP contribution in [0.15, 0.2) is 30.3 Å². The second kappa shape index (κ2) is 6.04. The fraction of sp³-hybridized carbons (Fsp3) is 0.200. The van der Waals surface area contributed by atoms with E-state index in [1.54, 1.807) is 0 Å². The minimum absolute atomic E-state index is 0.609. The molecule has 0 aliphatic rings. The predicted octanol–water partition coefficient (Wildman–Crippen LogP) is 5.88.